The largest absolute Gasteiger partial charge is 0.493 e. The van der Waals surface area contributed by atoms with E-state index in [1.54, 1.807) is 25.4 Å². The Morgan fingerprint density at radius 2 is 1.92 bits per heavy atom. The summed E-state index contributed by atoms with van der Waals surface area (Å²) < 4.78 is 30.3. The Morgan fingerprint density at radius 1 is 1.06 bits per heavy atom. The first-order valence-electron chi connectivity index (χ1n) is 11.7. The zero-order chi connectivity index (χ0) is 24.9. The predicted molar refractivity (Wildman–Crippen MR) is 134 cm³/mol. The fraction of sp³-hybridized carbons (Fsp3) is 0.250. The van der Waals surface area contributed by atoms with E-state index in [2.05, 4.69) is 16.0 Å². The van der Waals surface area contributed by atoms with Crippen molar-refractivity contribution in [1.29, 1.82) is 5.26 Å². The van der Waals surface area contributed by atoms with Crippen LogP contribution in [0, 0.1) is 17.1 Å². The summed E-state index contributed by atoms with van der Waals surface area (Å²) in [7, 11) is 1.58. The molecule has 1 aliphatic heterocycles. The molecule has 182 valence electrons. The van der Waals surface area contributed by atoms with Crippen molar-refractivity contribution in [1.82, 2.24) is 9.97 Å². The van der Waals surface area contributed by atoms with Gasteiger partial charge in [0, 0.05) is 13.1 Å². The molecule has 1 aromatic heterocycles. The van der Waals surface area contributed by atoms with Crippen LogP contribution in [0.3, 0.4) is 0 Å². The Labute approximate surface area is 208 Å². The molecule has 0 radical (unpaired) electrons. The highest BCUT2D eigenvalue weighted by Gasteiger charge is 2.17. The predicted octanol–water partition coefficient (Wildman–Crippen LogP) is 4.66. The number of aromatic nitrogens is 2. The van der Waals surface area contributed by atoms with Gasteiger partial charge in [0.1, 0.15) is 29.8 Å². The molecule has 0 atom stereocenters. The Balaban J connectivity index is 1.39. The number of morpholine rings is 1. The van der Waals surface area contributed by atoms with Crippen LogP contribution in [0.1, 0.15) is 22.3 Å². The van der Waals surface area contributed by atoms with Crippen molar-refractivity contribution >= 4 is 16.9 Å². The topological polar surface area (TPSA) is 80.5 Å². The third kappa shape index (κ3) is 5.07. The summed E-state index contributed by atoms with van der Waals surface area (Å²) in [5.41, 5.74) is 4.34. The fourth-order valence-electron chi connectivity index (χ4n) is 4.28. The smallest absolute Gasteiger partial charge is 0.161 e. The molecule has 2 heterocycles. The number of benzene rings is 3. The Hall–Kier alpha value is -4.22. The monoisotopic (exact) mass is 484 g/mol. The van der Waals surface area contributed by atoms with E-state index in [-0.39, 0.29) is 12.4 Å². The van der Waals surface area contributed by atoms with Gasteiger partial charge in [-0.1, -0.05) is 24.3 Å². The molecule has 1 saturated heterocycles. The molecule has 36 heavy (non-hydrogen) atoms. The summed E-state index contributed by atoms with van der Waals surface area (Å²) in [5, 5.41) is 10.0. The number of halogens is 1. The van der Waals surface area contributed by atoms with E-state index < -0.39 is 0 Å². The van der Waals surface area contributed by atoms with Crippen LogP contribution in [0.25, 0.3) is 11.0 Å². The van der Waals surface area contributed by atoms with Crippen LogP contribution in [-0.2, 0) is 17.8 Å². The van der Waals surface area contributed by atoms with E-state index in [1.807, 2.05) is 30.3 Å². The molecule has 0 bridgehead atoms. The van der Waals surface area contributed by atoms with Gasteiger partial charge in [-0.3, -0.25) is 4.98 Å². The highest BCUT2D eigenvalue weighted by molar-refractivity contribution is 5.83. The van der Waals surface area contributed by atoms with Gasteiger partial charge in [0.05, 0.1) is 37.6 Å². The minimum atomic E-state index is -0.302. The molecule has 8 heteroatoms. The zero-order valence-electron chi connectivity index (χ0n) is 19.9. The molecule has 0 N–H and O–H groups in total. The van der Waals surface area contributed by atoms with Gasteiger partial charge in [-0.25, -0.2) is 9.37 Å². The Kier molecular flexibility index (Phi) is 6.92. The van der Waals surface area contributed by atoms with Crippen LogP contribution in [0.5, 0.6) is 11.5 Å². The van der Waals surface area contributed by atoms with Gasteiger partial charge in [0.25, 0.3) is 0 Å². The number of rotatable bonds is 7. The fourth-order valence-corrected chi connectivity index (χ4v) is 4.28. The summed E-state index contributed by atoms with van der Waals surface area (Å²) in [6, 6.07) is 18.1. The van der Waals surface area contributed by atoms with Crippen molar-refractivity contribution in [3.8, 4) is 17.6 Å². The van der Waals surface area contributed by atoms with Gasteiger partial charge in [-0.15, -0.1) is 0 Å². The van der Waals surface area contributed by atoms with E-state index in [9.17, 15) is 9.65 Å². The summed E-state index contributed by atoms with van der Waals surface area (Å²) in [6.45, 7) is 3.01. The second-order valence-corrected chi connectivity index (χ2v) is 8.49. The van der Waals surface area contributed by atoms with E-state index in [0.717, 1.165) is 35.6 Å². The summed E-state index contributed by atoms with van der Waals surface area (Å²) in [6.07, 6.45) is 2.27. The molecule has 7 nitrogen and oxygen atoms in total. The quantitative estimate of drug-likeness (QED) is 0.378. The number of hydrogen-bond acceptors (Lipinski definition) is 7. The number of methoxy groups -OCH3 is 1. The molecule has 0 aliphatic carbocycles. The van der Waals surface area contributed by atoms with Crippen molar-refractivity contribution in [2.24, 2.45) is 0 Å². The normalized spacial score (nSPS) is 13.4. The van der Waals surface area contributed by atoms with Gasteiger partial charge < -0.3 is 19.1 Å². The minimum Gasteiger partial charge on any atom is -0.493 e. The highest BCUT2D eigenvalue weighted by Crippen LogP contribution is 2.31. The number of hydrogen-bond donors (Lipinski definition) is 0. The maximum Gasteiger partial charge on any atom is 0.161 e. The lowest BCUT2D eigenvalue weighted by atomic mass is 9.98. The van der Waals surface area contributed by atoms with Crippen molar-refractivity contribution < 1.29 is 18.6 Å². The third-order valence-electron chi connectivity index (χ3n) is 6.14. The van der Waals surface area contributed by atoms with Crippen molar-refractivity contribution in [3.63, 3.8) is 0 Å². The molecule has 0 amide bonds. The van der Waals surface area contributed by atoms with Crippen LogP contribution in [0.4, 0.5) is 10.2 Å². The summed E-state index contributed by atoms with van der Waals surface area (Å²) in [5.74, 6) is 1.58. The molecule has 1 aliphatic rings. The third-order valence-corrected chi connectivity index (χ3v) is 6.14. The van der Waals surface area contributed by atoms with Crippen LogP contribution in [0.2, 0.25) is 0 Å². The number of nitrogens with zero attached hydrogens (tertiary/aromatic N) is 4. The van der Waals surface area contributed by atoms with Crippen molar-refractivity contribution in [3.05, 3.63) is 88.9 Å². The van der Waals surface area contributed by atoms with Crippen LogP contribution < -0.4 is 14.4 Å². The van der Waals surface area contributed by atoms with E-state index in [1.165, 1.54) is 12.1 Å². The molecule has 0 unspecified atom stereocenters. The van der Waals surface area contributed by atoms with Gasteiger partial charge >= 0.3 is 0 Å². The summed E-state index contributed by atoms with van der Waals surface area (Å²) in [4.78, 5) is 11.5. The molecule has 5 rings (SSSR count). The van der Waals surface area contributed by atoms with Gasteiger partial charge in [0.2, 0.25) is 0 Å². The first-order valence-corrected chi connectivity index (χ1v) is 11.7. The standard InChI is InChI=1S/C28H25FN4O3/c1-34-26-15-19(5-8-25(26)36-18-20-3-2-4-22(29)14-20)13-21-6-7-24-28(23(21)16-30)32-27(17-31-24)33-9-11-35-12-10-33/h2-8,14-15,17H,9-13,18H2,1H3. The Morgan fingerprint density at radius 3 is 2.69 bits per heavy atom. The lowest BCUT2D eigenvalue weighted by molar-refractivity contribution is 0.122. The average Bonchev–Trinajstić information content (AvgIpc) is 2.92. The number of anilines is 1. The van der Waals surface area contributed by atoms with E-state index in [0.29, 0.717) is 47.7 Å². The van der Waals surface area contributed by atoms with Gasteiger partial charge in [-0.05, 0) is 53.4 Å². The number of fused-ring (bicyclic) bond motifs is 1. The molecule has 1 fully saturated rings. The minimum absolute atomic E-state index is 0.223. The van der Waals surface area contributed by atoms with Gasteiger partial charge in [0.15, 0.2) is 11.5 Å². The van der Waals surface area contributed by atoms with Crippen LogP contribution >= 0.6 is 0 Å². The van der Waals surface area contributed by atoms with Crippen LogP contribution in [0.15, 0.2) is 60.8 Å². The maximum absolute atomic E-state index is 13.5. The van der Waals surface area contributed by atoms with Crippen molar-refractivity contribution in [2.75, 3.05) is 38.3 Å². The molecule has 0 saturated carbocycles. The molecule has 0 spiro atoms. The van der Waals surface area contributed by atoms with Crippen LogP contribution in [-0.4, -0.2) is 43.4 Å². The maximum atomic E-state index is 13.5. The van der Waals surface area contributed by atoms with E-state index >= 15 is 0 Å². The number of nitriles is 1. The SMILES string of the molecule is COc1cc(Cc2ccc3ncc(N4CCOCC4)nc3c2C#N)ccc1OCc1cccc(F)c1. The first kappa shape index (κ1) is 23.5. The zero-order valence-corrected chi connectivity index (χ0v) is 19.9. The average molecular weight is 485 g/mol. The van der Waals surface area contributed by atoms with E-state index in [4.69, 9.17) is 19.2 Å². The number of ether oxygens (including phenoxy) is 3. The highest BCUT2D eigenvalue weighted by atomic mass is 19.1. The Bertz CT molecular complexity index is 1430. The molecular formula is C28H25FN4O3. The van der Waals surface area contributed by atoms with Gasteiger partial charge in [-0.2, -0.15) is 5.26 Å². The first-order chi connectivity index (χ1) is 17.6. The molecule has 4 aromatic rings. The molecular weight excluding hydrogens is 459 g/mol. The second-order valence-electron chi connectivity index (χ2n) is 8.49. The summed E-state index contributed by atoms with van der Waals surface area (Å²) >= 11 is 0. The lowest BCUT2D eigenvalue weighted by Crippen LogP contribution is -2.36. The van der Waals surface area contributed by atoms with Crippen molar-refractivity contribution in [2.45, 2.75) is 13.0 Å². The lowest BCUT2D eigenvalue weighted by Gasteiger charge is -2.27. The molecule has 3 aromatic carbocycles. The second kappa shape index (κ2) is 10.6.